The largest absolute Gasteiger partial charge is 0.0906 e. The van der Waals surface area contributed by atoms with Gasteiger partial charge in [0.05, 0.1) is 0 Å². The molecule has 0 bridgehead atoms. The average molecular weight is 222 g/mol. The molecule has 0 saturated heterocycles. The van der Waals surface area contributed by atoms with Gasteiger partial charge in [-0.05, 0) is 28.7 Å². The van der Waals surface area contributed by atoms with Gasteiger partial charge in [0.2, 0.25) is 0 Å². The second-order valence-corrected chi connectivity index (χ2v) is 4.29. The zero-order valence-corrected chi connectivity index (χ0v) is 10.3. The first-order chi connectivity index (χ1) is 8.31. The summed E-state index contributed by atoms with van der Waals surface area (Å²) in [4.78, 5) is 0. The number of rotatable bonds is 4. The van der Waals surface area contributed by atoms with Crippen molar-refractivity contribution in [3.05, 3.63) is 77.9 Å². The highest BCUT2D eigenvalue weighted by Crippen LogP contribution is 2.22. The fourth-order valence-electron chi connectivity index (χ4n) is 2.01. The number of benzene rings is 2. The van der Waals surface area contributed by atoms with E-state index in [-0.39, 0.29) is 0 Å². The molecule has 0 radical (unpaired) electrons. The highest BCUT2D eigenvalue weighted by Gasteiger charge is 2.02. The summed E-state index contributed by atoms with van der Waals surface area (Å²) in [7, 11) is 0. The van der Waals surface area contributed by atoms with Gasteiger partial charge in [0.25, 0.3) is 0 Å². The van der Waals surface area contributed by atoms with Crippen LogP contribution in [0.3, 0.4) is 0 Å². The summed E-state index contributed by atoms with van der Waals surface area (Å²) in [6.07, 6.45) is 2.32. The molecule has 0 nitrogen and oxygen atoms in total. The molecule has 86 valence electrons. The van der Waals surface area contributed by atoms with Crippen molar-refractivity contribution in [3.8, 4) is 0 Å². The summed E-state index contributed by atoms with van der Waals surface area (Å²) in [5.41, 5.74) is 4.91. The van der Waals surface area contributed by atoms with Crippen molar-refractivity contribution >= 4 is 5.57 Å². The summed E-state index contributed by atoms with van der Waals surface area (Å²) in [6, 6.07) is 19.0. The van der Waals surface area contributed by atoms with Gasteiger partial charge in [-0.25, -0.2) is 0 Å². The van der Waals surface area contributed by atoms with E-state index in [0.29, 0.717) is 0 Å². The van der Waals surface area contributed by atoms with Crippen LogP contribution in [-0.4, -0.2) is 0 Å². The van der Waals surface area contributed by atoms with Crippen molar-refractivity contribution < 1.29 is 0 Å². The fraction of sp³-hybridized carbons (Fsp3) is 0.176. The van der Waals surface area contributed by atoms with Crippen LogP contribution in [-0.2, 0) is 6.42 Å². The van der Waals surface area contributed by atoms with Crippen LogP contribution in [0.2, 0.25) is 0 Å². The maximum absolute atomic E-state index is 4.20. The molecule has 0 aromatic heterocycles. The van der Waals surface area contributed by atoms with E-state index in [9.17, 15) is 0 Å². The van der Waals surface area contributed by atoms with Gasteiger partial charge in [-0.1, -0.05) is 74.5 Å². The first kappa shape index (κ1) is 11.7. The third kappa shape index (κ3) is 2.85. The second-order valence-electron chi connectivity index (χ2n) is 4.29. The molecule has 0 aliphatic heterocycles. The average Bonchev–Trinajstić information content (AvgIpc) is 2.40. The Balaban J connectivity index is 2.28. The maximum atomic E-state index is 4.20. The lowest BCUT2D eigenvalue weighted by molar-refractivity contribution is 0.921. The minimum atomic E-state index is 1.10. The smallest absolute Gasteiger partial charge is 0.0181 e. The van der Waals surface area contributed by atoms with Crippen molar-refractivity contribution in [1.82, 2.24) is 0 Å². The van der Waals surface area contributed by atoms with Crippen LogP contribution in [0, 0.1) is 0 Å². The lowest BCUT2D eigenvalue weighted by atomic mass is 9.97. The van der Waals surface area contributed by atoms with Gasteiger partial charge in [-0.2, -0.15) is 0 Å². The molecule has 0 saturated carbocycles. The van der Waals surface area contributed by atoms with Gasteiger partial charge in [-0.3, -0.25) is 0 Å². The standard InChI is InChI=1S/C17H18/c1-3-8-15-9-7-12-17(13-15)14(2)16-10-5-4-6-11-16/h4-7,9-13H,2-3,8H2,1H3. The van der Waals surface area contributed by atoms with E-state index < -0.39 is 0 Å². The Kier molecular flexibility index (Phi) is 3.77. The van der Waals surface area contributed by atoms with Crippen LogP contribution >= 0.6 is 0 Å². The molecule has 2 aromatic carbocycles. The third-order valence-corrected chi connectivity index (χ3v) is 2.94. The Bertz CT molecular complexity index is 494. The minimum absolute atomic E-state index is 1.10. The number of hydrogen-bond donors (Lipinski definition) is 0. The molecule has 0 heteroatoms. The van der Waals surface area contributed by atoms with Gasteiger partial charge < -0.3 is 0 Å². The lowest BCUT2D eigenvalue weighted by Gasteiger charge is -2.08. The molecule has 17 heavy (non-hydrogen) atoms. The summed E-state index contributed by atoms with van der Waals surface area (Å²) in [5.74, 6) is 0. The first-order valence-electron chi connectivity index (χ1n) is 6.15. The normalized spacial score (nSPS) is 10.2. The summed E-state index contributed by atoms with van der Waals surface area (Å²) < 4.78 is 0. The highest BCUT2D eigenvalue weighted by atomic mass is 14.1. The van der Waals surface area contributed by atoms with E-state index in [0.717, 1.165) is 12.0 Å². The van der Waals surface area contributed by atoms with Crippen molar-refractivity contribution in [1.29, 1.82) is 0 Å². The third-order valence-electron chi connectivity index (χ3n) is 2.94. The predicted octanol–water partition coefficient (Wildman–Crippen LogP) is 4.70. The zero-order chi connectivity index (χ0) is 12.1. The Morgan fingerprint density at radius 2 is 1.65 bits per heavy atom. The van der Waals surface area contributed by atoms with Crippen molar-refractivity contribution in [2.75, 3.05) is 0 Å². The van der Waals surface area contributed by atoms with Gasteiger partial charge in [-0.15, -0.1) is 0 Å². The molecule has 0 amide bonds. The molecule has 0 aliphatic carbocycles. The molecule has 0 unspecified atom stereocenters. The Morgan fingerprint density at radius 3 is 2.35 bits per heavy atom. The van der Waals surface area contributed by atoms with Gasteiger partial charge in [0, 0.05) is 0 Å². The van der Waals surface area contributed by atoms with Crippen LogP contribution in [0.15, 0.2) is 61.2 Å². The molecule has 0 N–H and O–H groups in total. The Labute approximate surface area is 104 Å². The molecule has 0 aliphatic rings. The van der Waals surface area contributed by atoms with E-state index in [1.807, 2.05) is 6.07 Å². The first-order valence-corrected chi connectivity index (χ1v) is 6.15. The summed E-state index contributed by atoms with van der Waals surface area (Å²) in [5, 5.41) is 0. The van der Waals surface area contributed by atoms with Crippen LogP contribution < -0.4 is 0 Å². The highest BCUT2D eigenvalue weighted by molar-refractivity contribution is 5.78. The lowest BCUT2D eigenvalue weighted by Crippen LogP contribution is -1.89. The van der Waals surface area contributed by atoms with Gasteiger partial charge in [0.15, 0.2) is 0 Å². The van der Waals surface area contributed by atoms with E-state index in [2.05, 4.69) is 62.0 Å². The van der Waals surface area contributed by atoms with Gasteiger partial charge >= 0.3 is 0 Å². The van der Waals surface area contributed by atoms with Crippen molar-refractivity contribution in [2.24, 2.45) is 0 Å². The Morgan fingerprint density at radius 1 is 0.941 bits per heavy atom. The fourth-order valence-corrected chi connectivity index (χ4v) is 2.01. The van der Waals surface area contributed by atoms with Crippen molar-refractivity contribution in [2.45, 2.75) is 19.8 Å². The van der Waals surface area contributed by atoms with Crippen LogP contribution in [0.5, 0.6) is 0 Å². The number of aryl methyl sites for hydroxylation is 1. The molecule has 0 spiro atoms. The molecular formula is C17H18. The Hall–Kier alpha value is -1.82. The van der Waals surface area contributed by atoms with E-state index in [1.54, 1.807) is 0 Å². The zero-order valence-electron chi connectivity index (χ0n) is 10.3. The quantitative estimate of drug-likeness (QED) is 0.703. The summed E-state index contributed by atoms with van der Waals surface area (Å²) in [6.45, 7) is 6.40. The SMILES string of the molecule is C=C(c1ccccc1)c1cccc(CCC)c1. The molecule has 0 atom stereocenters. The minimum Gasteiger partial charge on any atom is -0.0906 e. The van der Waals surface area contributed by atoms with E-state index >= 15 is 0 Å². The molecule has 0 fully saturated rings. The molecule has 2 aromatic rings. The number of hydrogen-bond acceptors (Lipinski definition) is 0. The van der Waals surface area contributed by atoms with Crippen LogP contribution in [0.25, 0.3) is 5.57 Å². The van der Waals surface area contributed by atoms with Gasteiger partial charge in [0.1, 0.15) is 0 Å². The molecular weight excluding hydrogens is 204 g/mol. The van der Waals surface area contributed by atoms with E-state index in [1.165, 1.54) is 23.1 Å². The van der Waals surface area contributed by atoms with Crippen molar-refractivity contribution in [3.63, 3.8) is 0 Å². The molecule has 2 rings (SSSR count). The van der Waals surface area contributed by atoms with E-state index in [4.69, 9.17) is 0 Å². The van der Waals surface area contributed by atoms with Crippen LogP contribution in [0.4, 0.5) is 0 Å². The monoisotopic (exact) mass is 222 g/mol. The second kappa shape index (κ2) is 5.49. The topological polar surface area (TPSA) is 0 Å². The molecule has 0 heterocycles. The summed E-state index contributed by atoms with van der Waals surface area (Å²) >= 11 is 0. The predicted molar refractivity (Wildman–Crippen MR) is 75.0 cm³/mol. The maximum Gasteiger partial charge on any atom is -0.0181 e. The van der Waals surface area contributed by atoms with Crippen LogP contribution in [0.1, 0.15) is 30.0 Å².